The first-order chi connectivity index (χ1) is 9.84. The highest BCUT2D eigenvalue weighted by Crippen LogP contribution is 2.16. The Morgan fingerprint density at radius 3 is 2.70 bits per heavy atom. The van der Waals surface area contributed by atoms with Crippen molar-refractivity contribution in [1.82, 2.24) is 4.90 Å². The average Bonchev–Trinajstić information content (AvgIpc) is 2.74. The summed E-state index contributed by atoms with van der Waals surface area (Å²) in [6, 6.07) is 9.67. The van der Waals surface area contributed by atoms with Crippen LogP contribution in [0.5, 0.6) is 0 Å². The molecule has 106 valence electrons. The summed E-state index contributed by atoms with van der Waals surface area (Å²) in [4.78, 5) is 14.9. The number of benzene rings is 1. The molecular weight excluding hydrogens is 248 g/mol. The predicted octanol–water partition coefficient (Wildman–Crippen LogP) is 2.56. The van der Waals surface area contributed by atoms with E-state index in [1.807, 2.05) is 30.3 Å². The molecule has 0 aromatic heterocycles. The lowest BCUT2D eigenvalue weighted by Crippen LogP contribution is -2.45. The maximum atomic E-state index is 12.4. The number of carbonyl (C=O) groups is 1. The lowest BCUT2D eigenvalue weighted by molar-refractivity contribution is -0.526. The van der Waals surface area contributed by atoms with Gasteiger partial charge in [0, 0.05) is 18.4 Å². The topological polar surface area (TPSA) is 23.3 Å². The highest BCUT2D eigenvalue weighted by Gasteiger charge is 2.29. The first-order valence-corrected chi connectivity index (χ1v) is 7.78. The van der Waals surface area contributed by atoms with Crippen molar-refractivity contribution in [2.45, 2.75) is 32.1 Å². The van der Waals surface area contributed by atoms with E-state index >= 15 is 0 Å². The van der Waals surface area contributed by atoms with Gasteiger partial charge in [0.25, 0.3) is 0 Å². The smallest absolute Gasteiger partial charge is 0.247 e. The summed E-state index contributed by atoms with van der Waals surface area (Å²) in [5, 5.41) is 0. The number of hydrogen-bond acceptors (Lipinski definition) is 2. The van der Waals surface area contributed by atoms with E-state index in [1.54, 1.807) is 0 Å². The maximum absolute atomic E-state index is 12.4. The summed E-state index contributed by atoms with van der Waals surface area (Å²) in [6.07, 6.45) is 6.19. The van der Waals surface area contributed by atoms with Crippen LogP contribution < -0.4 is 0 Å². The number of ketones is 1. The molecule has 3 nitrogen and oxygen atoms in total. The number of Topliss-reactive ketones (excluding diaryl/α,β-unsaturated/α-hetero) is 1. The zero-order valence-corrected chi connectivity index (χ0v) is 12.1. The Hall–Kier alpha value is -1.64. The standard InChI is InChI=1S/C17H23N2O/c20-16(15-8-3-1-4-9-15)14-19-13-7-12-18-11-6-2-5-10-17(18)19/h1,3-4,8-9H,2,5-7,10-14H2/q+1. The predicted molar refractivity (Wildman–Crippen MR) is 80.4 cm³/mol. The van der Waals surface area contributed by atoms with Crippen molar-refractivity contribution >= 4 is 11.6 Å². The lowest BCUT2D eigenvalue weighted by atomic mass is 10.1. The van der Waals surface area contributed by atoms with Gasteiger partial charge < -0.3 is 0 Å². The minimum atomic E-state index is 0.240. The third-order valence-corrected chi connectivity index (χ3v) is 4.34. The molecule has 0 radical (unpaired) electrons. The first-order valence-electron chi connectivity index (χ1n) is 7.78. The molecule has 2 aliphatic heterocycles. The zero-order chi connectivity index (χ0) is 13.8. The van der Waals surface area contributed by atoms with E-state index in [4.69, 9.17) is 0 Å². The van der Waals surface area contributed by atoms with Crippen LogP contribution in [-0.4, -0.2) is 47.3 Å². The maximum Gasteiger partial charge on any atom is 0.247 e. The van der Waals surface area contributed by atoms with Crippen LogP contribution in [0.1, 0.15) is 42.5 Å². The molecule has 0 spiro atoms. The van der Waals surface area contributed by atoms with E-state index in [0.29, 0.717) is 6.54 Å². The second-order valence-electron chi connectivity index (χ2n) is 5.78. The fraction of sp³-hybridized carbons (Fsp3) is 0.529. The van der Waals surface area contributed by atoms with Crippen molar-refractivity contribution in [3.63, 3.8) is 0 Å². The monoisotopic (exact) mass is 271 g/mol. The molecule has 1 saturated heterocycles. The SMILES string of the molecule is O=C(C[N+]1=C2CCCCCN2CCC1)c1ccccc1. The molecule has 0 atom stereocenters. The molecule has 0 unspecified atom stereocenters. The van der Waals surface area contributed by atoms with E-state index in [-0.39, 0.29) is 5.78 Å². The van der Waals surface area contributed by atoms with Crippen molar-refractivity contribution in [1.29, 1.82) is 0 Å². The summed E-state index contributed by atoms with van der Waals surface area (Å²) >= 11 is 0. The van der Waals surface area contributed by atoms with E-state index in [9.17, 15) is 4.79 Å². The number of carbonyl (C=O) groups excluding carboxylic acids is 1. The Labute approximate surface area is 120 Å². The third kappa shape index (κ3) is 2.92. The molecule has 0 saturated carbocycles. The largest absolute Gasteiger partial charge is 0.290 e. The molecule has 3 rings (SSSR count). The number of rotatable bonds is 3. The Balaban J connectivity index is 1.79. The van der Waals surface area contributed by atoms with E-state index in [2.05, 4.69) is 9.48 Å². The van der Waals surface area contributed by atoms with E-state index in [0.717, 1.165) is 18.5 Å². The normalized spacial score (nSPS) is 19.5. The fourth-order valence-corrected chi connectivity index (χ4v) is 3.29. The van der Waals surface area contributed by atoms with Crippen molar-refractivity contribution in [3.05, 3.63) is 35.9 Å². The summed E-state index contributed by atoms with van der Waals surface area (Å²) in [6.45, 7) is 3.91. The van der Waals surface area contributed by atoms with Crippen molar-refractivity contribution < 1.29 is 9.37 Å². The van der Waals surface area contributed by atoms with Gasteiger partial charge in [-0.25, -0.2) is 0 Å². The second kappa shape index (κ2) is 6.21. The Bertz CT molecular complexity index is 507. The van der Waals surface area contributed by atoms with Gasteiger partial charge in [0.05, 0.1) is 19.6 Å². The van der Waals surface area contributed by atoms with Crippen molar-refractivity contribution in [2.75, 3.05) is 26.2 Å². The Morgan fingerprint density at radius 1 is 1.05 bits per heavy atom. The number of amidine groups is 1. The number of hydrogen-bond donors (Lipinski definition) is 0. The van der Waals surface area contributed by atoms with E-state index < -0.39 is 0 Å². The molecule has 2 heterocycles. The quantitative estimate of drug-likeness (QED) is 0.623. The molecule has 0 bridgehead atoms. The van der Waals surface area contributed by atoms with Gasteiger partial charge in [0.15, 0.2) is 0 Å². The summed E-state index contributed by atoms with van der Waals surface area (Å²) in [5.74, 6) is 1.65. The van der Waals surface area contributed by atoms with Crippen LogP contribution in [0.4, 0.5) is 0 Å². The van der Waals surface area contributed by atoms with Crippen LogP contribution >= 0.6 is 0 Å². The van der Waals surface area contributed by atoms with Gasteiger partial charge in [-0.05, 0) is 19.3 Å². The van der Waals surface area contributed by atoms with Gasteiger partial charge in [0.2, 0.25) is 11.6 Å². The molecule has 3 heteroatoms. The molecule has 1 fully saturated rings. The van der Waals surface area contributed by atoms with Crippen LogP contribution in [0.2, 0.25) is 0 Å². The highest BCUT2D eigenvalue weighted by atomic mass is 16.1. The van der Waals surface area contributed by atoms with Gasteiger partial charge in [0.1, 0.15) is 6.54 Å². The fourth-order valence-electron chi connectivity index (χ4n) is 3.29. The Kier molecular flexibility index (Phi) is 4.14. The van der Waals surface area contributed by atoms with Crippen molar-refractivity contribution in [2.24, 2.45) is 0 Å². The van der Waals surface area contributed by atoms with Gasteiger partial charge >= 0.3 is 0 Å². The summed E-state index contributed by atoms with van der Waals surface area (Å²) < 4.78 is 2.32. The molecule has 2 aliphatic rings. The molecule has 1 aromatic rings. The molecule has 1 aromatic carbocycles. The molecule has 0 aliphatic carbocycles. The summed E-state index contributed by atoms with van der Waals surface area (Å²) in [7, 11) is 0. The van der Waals surface area contributed by atoms with E-state index in [1.165, 1.54) is 44.6 Å². The van der Waals surface area contributed by atoms with Gasteiger partial charge in [-0.1, -0.05) is 30.3 Å². The minimum absolute atomic E-state index is 0.240. The van der Waals surface area contributed by atoms with Gasteiger partial charge in [-0.15, -0.1) is 0 Å². The minimum Gasteiger partial charge on any atom is -0.290 e. The zero-order valence-electron chi connectivity index (χ0n) is 12.1. The van der Waals surface area contributed by atoms with Gasteiger partial charge in [-0.3, -0.25) is 14.3 Å². The first kappa shape index (κ1) is 13.3. The average molecular weight is 271 g/mol. The lowest BCUT2D eigenvalue weighted by Gasteiger charge is -2.25. The second-order valence-corrected chi connectivity index (χ2v) is 5.78. The molecule has 20 heavy (non-hydrogen) atoms. The number of fused-ring (bicyclic) bond motifs is 1. The third-order valence-electron chi connectivity index (χ3n) is 4.34. The molecule has 0 amide bonds. The van der Waals surface area contributed by atoms with Crippen LogP contribution in [-0.2, 0) is 0 Å². The van der Waals surface area contributed by atoms with Crippen LogP contribution in [0.15, 0.2) is 30.3 Å². The van der Waals surface area contributed by atoms with Crippen LogP contribution in [0.25, 0.3) is 0 Å². The van der Waals surface area contributed by atoms with Crippen LogP contribution in [0, 0.1) is 0 Å². The molecule has 0 N–H and O–H groups in total. The summed E-state index contributed by atoms with van der Waals surface area (Å²) in [5.41, 5.74) is 0.832. The Morgan fingerprint density at radius 2 is 1.85 bits per heavy atom. The highest BCUT2D eigenvalue weighted by molar-refractivity contribution is 5.97. The number of nitrogens with zero attached hydrogens (tertiary/aromatic N) is 2. The van der Waals surface area contributed by atoms with Crippen LogP contribution in [0.3, 0.4) is 0 Å². The van der Waals surface area contributed by atoms with Crippen molar-refractivity contribution in [3.8, 4) is 0 Å². The molecular formula is C17H23N2O+. The van der Waals surface area contributed by atoms with Gasteiger partial charge in [-0.2, -0.15) is 0 Å².